The van der Waals surface area contributed by atoms with Crippen LogP contribution in [0.2, 0.25) is 0 Å². The number of alkyl halides is 3. The summed E-state index contributed by atoms with van der Waals surface area (Å²) in [6, 6.07) is 22.4. The molecular formula is C30H31F3N2O5. The molecule has 0 aromatic heterocycles. The van der Waals surface area contributed by atoms with Crippen molar-refractivity contribution in [2.75, 3.05) is 26.4 Å². The zero-order valence-corrected chi connectivity index (χ0v) is 21.9. The number of amides is 1. The molecule has 1 heterocycles. The number of carbonyl (C=O) groups excluding carboxylic acids is 1. The second-order valence-electron chi connectivity index (χ2n) is 9.34. The molecule has 0 bridgehead atoms. The lowest BCUT2D eigenvalue weighted by molar-refractivity contribution is -0.274. The van der Waals surface area contributed by atoms with Gasteiger partial charge in [0, 0.05) is 26.2 Å². The number of benzene rings is 3. The molecule has 0 atom stereocenters. The van der Waals surface area contributed by atoms with E-state index >= 15 is 0 Å². The Morgan fingerprint density at radius 2 is 1.57 bits per heavy atom. The van der Waals surface area contributed by atoms with Gasteiger partial charge in [0.05, 0.1) is 5.71 Å². The van der Waals surface area contributed by atoms with E-state index in [1.807, 2.05) is 42.5 Å². The summed E-state index contributed by atoms with van der Waals surface area (Å²) in [6.45, 7) is 2.07. The van der Waals surface area contributed by atoms with E-state index in [-0.39, 0.29) is 24.9 Å². The third-order valence-electron chi connectivity index (χ3n) is 6.26. The van der Waals surface area contributed by atoms with Gasteiger partial charge in [-0.25, -0.2) is 0 Å². The summed E-state index contributed by atoms with van der Waals surface area (Å²) >= 11 is 0. The maximum Gasteiger partial charge on any atom is 0.573 e. The lowest BCUT2D eigenvalue weighted by atomic mass is 10.0. The number of nitrogens with zero attached hydrogens (tertiary/aromatic N) is 1. The van der Waals surface area contributed by atoms with E-state index in [1.54, 1.807) is 12.1 Å². The minimum Gasteiger partial charge on any atom is -0.484 e. The average Bonchev–Trinajstić information content (AvgIpc) is 2.96. The standard InChI is InChI=1S/C30H31F3N2O5/c31-30(32,33)40-27-10-6-24(7-11-27)20-39-35-28(18-22-4-2-1-3-5-22)25-8-12-26(13-9-25)38-21-29(36)34-19-23-14-16-37-17-15-23/h1-13,23H,14-21H2,(H,34,36)/b35-28+. The predicted octanol–water partition coefficient (Wildman–Crippen LogP) is 5.67. The summed E-state index contributed by atoms with van der Waals surface area (Å²) < 4.78 is 52.0. The first kappa shape index (κ1) is 28.9. The van der Waals surface area contributed by atoms with Crippen molar-refractivity contribution >= 4 is 11.6 Å². The molecule has 4 rings (SSSR count). The lowest BCUT2D eigenvalue weighted by Crippen LogP contribution is -2.35. The first-order chi connectivity index (χ1) is 19.3. The van der Waals surface area contributed by atoms with E-state index in [9.17, 15) is 18.0 Å². The molecule has 7 nitrogen and oxygen atoms in total. The monoisotopic (exact) mass is 556 g/mol. The van der Waals surface area contributed by atoms with Gasteiger partial charge >= 0.3 is 6.36 Å². The summed E-state index contributed by atoms with van der Waals surface area (Å²) in [5.41, 5.74) is 3.12. The molecule has 1 aliphatic heterocycles. The molecule has 0 aliphatic carbocycles. The lowest BCUT2D eigenvalue weighted by Gasteiger charge is -2.22. The highest BCUT2D eigenvalue weighted by molar-refractivity contribution is 6.01. The molecule has 1 fully saturated rings. The van der Waals surface area contributed by atoms with Gasteiger partial charge < -0.3 is 24.4 Å². The van der Waals surface area contributed by atoms with Crippen LogP contribution in [0.15, 0.2) is 84.0 Å². The van der Waals surface area contributed by atoms with E-state index in [1.165, 1.54) is 24.3 Å². The molecule has 40 heavy (non-hydrogen) atoms. The van der Waals surface area contributed by atoms with Gasteiger partial charge in [-0.3, -0.25) is 4.79 Å². The molecule has 1 N–H and O–H groups in total. The topological polar surface area (TPSA) is 78.4 Å². The second-order valence-corrected chi connectivity index (χ2v) is 9.34. The summed E-state index contributed by atoms with van der Waals surface area (Å²) in [5.74, 6) is 0.507. The smallest absolute Gasteiger partial charge is 0.484 e. The van der Waals surface area contributed by atoms with Gasteiger partial charge in [0.15, 0.2) is 6.61 Å². The van der Waals surface area contributed by atoms with Crippen molar-refractivity contribution in [2.45, 2.75) is 32.2 Å². The van der Waals surface area contributed by atoms with Crippen LogP contribution in [0.5, 0.6) is 11.5 Å². The van der Waals surface area contributed by atoms with Crippen molar-refractivity contribution in [3.8, 4) is 11.5 Å². The zero-order valence-electron chi connectivity index (χ0n) is 21.9. The molecule has 3 aromatic carbocycles. The maximum absolute atomic E-state index is 12.4. The van der Waals surface area contributed by atoms with Gasteiger partial charge in [-0.1, -0.05) is 47.6 Å². The molecule has 212 valence electrons. The molecule has 0 radical (unpaired) electrons. The molecule has 0 saturated carbocycles. The van der Waals surface area contributed by atoms with Crippen LogP contribution in [0.3, 0.4) is 0 Å². The van der Waals surface area contributed by atoms with E-state index in [4.69, 9.17) is 14.3 Å². The first-order valence-electron chi connectivity index (χ1n) is 13.0. The van der Waals surface area contributed by atoms with Gasteiger partial charge in [0.1, 0.15) is 18.1 Å². The SMILES string of the molecule is O=C(COc1ccc(/C(Cc2ccccc2)=N/OCc2ccc(OC(F)(F)F)cc2)cc1)NCC1CCOCC1. The number of nitrogens with one attached hydrogen (secondary N) is 1. The fourth-order valence-electron chi connectivity index (χ4n) is 4.10. The van der Waals surface area contributed by atoms with Crippen molar-refractivity contribution in [3.05, 3.63) is 95.6 Å². The Kier molecular flexibility index (Phi) is 10.4. The molecule has 0 unspecified atom stereocenters. The van der Waals surface area contributed by atoms with Gasteiger partial charge in [-0.15, -0.1) is 13.2 Å². The molecular weight excluding hydrogens is 525 g/mol. The first-order valence-corrected chi connectivity index (χ1v) is 13.0. The highest BCUT2D eigenvalue weighted by Gasteiger charge is 2.30. The Hall–Kier alpha value is -4.05. The highest BCUT2D eigenvalue weighted by Crippen LogP contribution is 2.23. The van der Waals surface area contributed by atoms with Crippen LogP contribution in [-0.4, -0.2) is 44.3 Å². The third-order valence-corrected chi connectivity index (χ3v) is 6.26. The second kappa shape index (κ2) is 14.4. The molecule has 1 saturated heterocycles. The summed E-state index contributed by atoms with van der Waals surface area (Å²) in [4.78, 5) is 17.8. The van der Waals surface area contributed by atoms with Crippen molar-refractivity contribution in [1.29, 1.82) is 0 Å². The van der Waals surface area contributed by atoms with Crippen LogP contribution in [0.1, 0.15) is 29.5 Å². The Morgan fingerprint density at radius 3 is 2.25 bits per heavy atom. The van der Waals surface area contributed by atoms with E-state index in [0.717, 1.165) is 37.2 Å². The number of rotatable bonds is 12. The summed E-state index contributed by atoms with van der Waals surface area (Å²) in [5, 5.41) is 7.25. The van der Waals surface area contributed by atoms with Crippen LogP contribution < -0.4 is 14.8 Å². The van der Waals surface area contributed by atoms with Crippen molar-refractivity contribution in [2.24, 2.45) is 11.1 Å². The van der Waals surface area contributed by atoms with E-state index in [0.29, 0.717) is 35.9 Å². The van der Waals surface area contributed by atoms with Crippen molar-refractivity contribution < 1.29 is 37.0 Å². The maximum atomic E-state index is 12.4. The number of ether oxygens (including phenoxy) is 3. The Morgan fingerprint density at radius 1 is 0.900 bits per heavy atom. The molecule has 1 amide bonds. The predicted molar refractivity (Wildman–Crippen MR) is 143 cm³/mol. The molecule has 0 spiro atoms. The average molecular weight is 557 g/mol. The van der Waals surface area contributed by atoms with Crippen LogP contribution in [-0.2, 0) is 27.4 Å². The zero-order chi connectivity index (χ0) is 28.2. The number of carbonyl (C=O) groups is 1. The Labute approximate surface area is 230 Å². The van der Waals surface area contributed by atoms with Crippen molar-refractivity contribution in [3.63, 3.8) is 0 Å². The number of hydrogen-bond donors (Lipinski definition) is 1. The van der Waals surface area contributed by atoms with Crippen LogP contribution >= 0.6 is 0 Å². The highest BCUT2D eigenvalue weighted by atomic mass is 19.4. The van der Waals surface area contributed by atoms with Gasteiger partial charge in [0.25, 0.3) is 5.91 Å². The van der Waals surface area contributed by atoms with Crippen LogP contribution in [0.25, 0.3) is 0 Å². The fraction of sp³-hybridized carbons (Fsp3) is 0.333. The summed E-state index contributed by atoms with van der Waals surface area (Å²) in [6.07, 6.45) is -2.36. The minimum absolute atomic E-state index is 0.0643. The van der Waals surface area contributed by atoms with E-state index < -0.39 is 6.36 Å². The van der Waals surface area contributed by atoms with E-state index in [2.05, 4.69) is 15.2 Å². The number of halogens is 3. The van der Waals surface area contributed by atoms with Gasteiger partial charge in [-0.2, -0.15) is 0 Å². The fourth-order valence-corrected chi connectivity index (χ4v) is 4.10. The van der Waals surface area contributed by atoms with Crippen LogP contribution in [0, 0.1) is 5.92 Å². The number of oxime groups is 1. The minimum atomic E-state index is -4.74. The normalized spacial score (nSPS) is 14.4. The van der Waals surface area contributed by atoms with Crippen molar-refractivity contribution in [1.82, 2.24) is 5.32 Å². The Balaban J connectivity index is 1.34. The van der Waals surface area contributed by atoms with Gasteiger partial charge in [-0.05, 0) is 71.8 Å². The van der Waals surface area contributed by atoms with Crippen LogP contribution in [0.4, 0.5) is 13.2 Å². The number of hydrogen-bond acceptors (Lipinski definition) is 6. The third kappa shape index (κ3) is 9.92. The van der Waals surface area contributed by atoms with Gasteiger partial charge in [0.2, 0.25) is 0 Å². The summed E-state index contributed by atoms with van der Waals surface area (Å²) in [7, 11) is 0. The Bertz CT molecular complexity index is 1230. The molecule has 1 aliphatic rings. The molecule has 10 heteroatoms. The largest absolute Gasteiger partial charge is 0.573 e. The molecule has 3 aromatic rings. The quantitative estimate of drug-likeness (QED) is 0.230.